The summed E-state index contributed by atoms with van der Waals surface area (Å²) in [6, 6.07) is 0. The van der Waals surface area contributed by atoms with Gasteiger partial charge in [0.2, 0.25) is 0 Å². The predicted molar refractivity (Wildman–Crippen MR) is 73.1 cm³/mol. The molecule has 2 rings (SSSR count). The first-order chi connectivity index (χ1) is 8.29. The molecule has 2 fully saturated rings. The first-order valence-corrected chi connectivity index (χ1v) is 7.91. The van der Waals surface area contributed by atoms with Crippen LogP contribution in [0, 0.1) is 17.8 Å². The Bertz CT molecular complexity index is 198. The molecule has 0 bridgehead atoms. The summed E-state index contributed by atoms with van der Waals surface area (Å²) in [4.78, 5) is 0. The Hall–Kier alpha value is -0.0400. The van der Waals surface area contributed by atoms with Gasteiger partial charge in [-0.3, -0.25) is 0 Å². The van der Waals surface area contributed by atoms with Crippen molar-refractivity contribution in [3.63, 3.8) is 0 Å². The van der Waals surface area contributed by atoms with Gasteiger partial charge in [-0.15, -0.1) is 0 Å². The van der Waals surface area contributed by atoms with E-state index >= 15 is 0 Å². The largest absolute Gasteiger partial charge is 0.378 e. The molecule has 0 amide bonds. The second kappa shape index (κ2) is 6.78. The Kier molecular flexibility index (Phi) is 5.34. The van der Waals surface area contributed by atoms with Gasteiger partial charge < -0.3 is 4.74 Å². The summed E-state index contributed by atoms with van der Waals surface area (Å²) in [7, 11) is 0. The smallest absolute Gasteiger partial charge is 0.0575 e. The third-order valence-corrected chi connectivity index (χ3v) is 5.00. The highest BCUT2D eigenvalue weighted by molar-refractivity contribution is 4.81. The van der Waals surface area contributed by atoms with Gasteiger partial charge in [0.25, 0.3) is 0 Å². The van der Waals surface area contributed by atoms with Crippen LogP contribution in [0.5, 0.6) is 0 Å². The maximum absolute atomic E-state index is 5.88. The molecule has 0 radical (unpaired) electrons. The molecular formula is C16H30O. The van der Waals surface area contributed by atoms with Gasteiger partial charge in [-0.1, -0.05) is 26.7 Å². The quantitative estimate of drug-likeness (QED) is 0.683. The fourth-order valence-electron chi connectivity index (χ4n) is 3.77. The van der Waals surface area contributed by atoms with Crippen molar-refractivity contribution in [3.05, 3.63) is 0 Å². The second-order valence-electron chi connectivity index (χ2n) is 6.43. The first kappa shape index (κ1) is 13.4. The lowest BCUT2D eigenvalue weighted by molar-refractivity contribution is 0.00764. The van der Waals surface area contributed by atoms with Crippen LogP contribution < -0.4 is 0 Å². The molecule has 0 aromatic rings. The molecule has 0 saturated heterocycles. The summed E-state index contributed by atoms with van der Waals surface area (Å²) in [6.07, 6.45) is 13.3. The lowest BCUT2D eigenvalue weighted by Gasteiger charge is -2.37. The second-order valence-corrected chi connectivity index (χ2v) is 6.43. The molecule has 2 aliphatic carbocycles. The monoisotopic (exact) mass is 238 g/mol. The Morgan fingerprint density at radius 1 is 0.824 bits per heavy atom. The standard InChI is InChI=1S/C16H30O/c1-3-12-17-16-10-8-15(9-11-16)14-6-4-13(2)5-7-14/h13-16H,3-12H2,1-2H3/t13?,14?,15-,16-. The molecule has 17 heavy (non-hydrogen) atoms. The molecule has 2 aliphatic rings. The van der Waals surface area contributed by atoms with Crippen LogP contribution >= 0.6 is 0 Å². The number of hydrogen-bond donors (Lipinski definition) is 0. The SMILES string of the molecule is CCCO[C@H]1CC[C@H](C2CCC(C)CC2)CC1. The van der Waals surface area contributed by atoms with E-state index in [1.54, 1.807) is 0 Å². The summed E-state index contributed by atoms with van der Waals surface area (Å²) in [5.41, 5.74) is 0. The third kappa shape index (κ3) is 3.98. The molecule has 0 aromatic carbocycles. The predicted octanol–water partition coefficient (Wildman–Crippen LogP) is 4.80. The van der Waals surface area contributed by atoms with E-state index in [1.807, 2.05) is 0 Å². The van der Waals surface area contributed by atoms with Crippen molar-refractivity contribution >= 4 is 0 Å². The summed E-state index contributed by atoms with van der Waals surface area (Å²) in [5.74, 6) is 3.08. The minimum absolute atomic E-state index is 0.591. The van der Waals surface area contributed by atoms with E-state index in [-0.39, 0.29) is 0 Å². The van der Waals surface area contributed by atoms with Crippen molar-refractivity contribution in [2.45, 2.75) is 77.7 Å². The van der Waals surface area contributed by atoms with Crippen molar-refractivity contribution in [2.24, 2.45) is 17.8 Å². The van der Waals surface area contributed by atoms with Crippen LogP contribution in [0.25, 0.3) is 0 Å². The van der Waals surface area contributed by atoms with Gasteiger partial charge in [0.1, 0.15) is 0 Å². The van der Waals surface area contributed by atoms with Crippen LogP contribution in [0.4, 0.5) is 0 Å². The van der Waals surface area contributed by atoms with Crippen LogP contribution in [0.3, 0.4) is 0 Å². The average Bonchev–Trinajstić information content (AvgIpc) is 2.38. The van der Waals surface area contributed by atoms with E-state index < -0.39 is 0 Å². The highest BCUT2D eigenvalue weighted by Gasteiger charge is 2.29. The number of ether oxygens (including phenoxy) is 1. The van der Waals surface area contributed by atoms with Crippen LogP contribution in [0.2, 0.25) is 0 Å². The van der Waals surface area contributed by atoms with Crippen molar-refractivity contribution in [2.75, 3.05) is 6.61 Å². The van der Waals surface area contributed by atoms with Crippen molar-refractivity contribution in [1.82, 2.24) is 0 Å². The van der Waals surface area contributed by atoms with Crippen molar-refractivity contribution < 1.29 is 4.74 Å². The normalized spacial score (nSPS) is 39.2. The fraction of sp³-hybridized carbons (Fsp3) is 1.00. The molecule has 2 saturated carbocycles. The molecule has 1 heteroatoms. The first-order valence-electron chi connectivity index (χ1n) is 7.91. The van der Waals surface area contributed by atoms with Crippen LogP contribution in [-0.4, -0.2) is 12.7 Å². The van der Waals surface area contributed by atoms with Crippen molar-refractivity contribution in [3.8, 4) is 0 Å². The highest BCUT2D eigenvalue weighted by atomic mass is 16.5. The van der Waals surface area contributed by atoms with Crippen LogP contribution in [0.1, 0.15) is 71.6 Å². The van der Waals surface area contributed by atoms with E-state index in [4.69, 9.17) is 4.74 Å². The minimum atomic E-state index is 0.591. The van der Waals surface area contributed by atoms with E-state index in [1.165, 1.54) is 57.8 Å². The molecule has 0 N–H and O–H groups in total. The Balaban J connectivity index is 1.68. The number of hydrogen-bond acceptors (Lipinski definition) is 1. The van der Waals surface area contributed by atoms with E-state index in [2.05, 4.69) is 13.8 Å². The topological polar surface area (TPSA) is 9.23 Å². The van der Waals surface area contributed by atoms with Gasteiger partial charge in [0.05, 0.1) is 6.10 Å². The summed E-state index contributed by atoms with van der Waals surface area (Å²) in [6.45, 7) is 5.59. The Morgan fingerprint density at radius 3 is 1.88 bits per heavy atom. The van der Waals surface area contributed by atoms with Crippen LogP contribution in [0.15, 0.2) is 0 Å². The molecule has 0 spiro atoms. The molecule has 0 aromatic heterocycles. The molecule has 0 heterocycles. The zero-order valence-electron chi connectivity index (χ0n) is 11.8. The maximum Gasteiger partial charge on any atom is 0.0575 e. The molecule has 0 aliphatic heterocycles. The van der Waals surface area contributed by atoms with Gasteiger partial charge in [-0.05, 0) is 62.7 Å². The zero-order valence-corrected chi connectivity index (χ0v) is 11.8. The Morgan fingerprint density at radius 2 is 1.35 bits per heavy atom. The maximum atomic E-state index is 5.88. The Labute approximate surface area is 107 Å². The zero-order chi connectivity index (χ0) is 12.1. The lowest BCUT2D eigenvalue weighted by atomic mass is 9.71. The third-order valence-electron chi connectivity index (χ3n) is 5.00. The summed E-state index contributed by atoms with van der Waals surface area (Å²) < 4.78 is 5.88. The molecule has 1 nitrogen and oxygen atoms in total. The summed E-state index contributed by atoms with van der Waals surface area (Å²) in [5, 5.41) is 0. The van der Waals surface area contributed by atoms with E-state index in [9.17, 15) is 0 Å². The van der Waals surface area contributed by atoms with Crippen molar-refractivity contribution in [1.29, 1.82) is 0 Å². The van der Waals surface area contributed by atoms with Gasteiger partial charge in [0.15, 0.2) is 0 Å². The molecule has 0 unspecified atom stereocenters. The van der Waals surface area contributed by atoms with E-state index in [0.29, 0.717) is 6.10 Å². The van der Waals surface area contributed by atoms with Gasteiger partial charge >= 0.3 is 0 Å². The summed E-state index contributed by atoms with van der Waals surface area (Å²) >= 11 is 0. The fourth-order valence-corrected chi connectivity index (χ4v) is 3.77. The van der Waals surface area contributed by atoms with Crippen LogP contribution in [-0.2, 0) is 4.74 Å². The highest BCUT2D eigenvalue weighted by Crippen LogP contribution is 2.40. The average molecular weight is 238 g/mol. The van der Waals surface area contributed by atoms with Gasteiger partial charge in [-0.2, -0.15) is 0 Å². The van der Waals surface area contributed by atoms with E-state index in [0.717, 1.165) is 24.4 Å². The lowest BCUT2D eigenvalue weighted by Crippen LogP contribution is -2.28. The molecular weight excluding hydrogens is 208 g/mol. The molecule has 0 atom stereocenters. The minimum Gasteiger partial charge on any atom is -0.378 e. The van der Waals surface area contributed by atoms with Gasteiger partial charge in [0, 0.05) is 6.61 Å². The molecule has 100 valence electrons. The van der Waals surface area contributed by atoms with Gasteiger partial charge in [-0.25, -0.2) is 0 Å². The number of rotatable bonds is 4.